The highest BCUT2D eigenvalue weighted by Crippen LogP contribution is 2.25. The highest BCUT2D eigenvalue weighted by atomic mass is 19.2. The SMILES string of the molecule is CCc1[nH]n(-c2c(F)c(F)cc(F)c2F)c(=O)c1N=Nc1c(C)n(C)n(-c2ccccc2)c1=O. The number of nitrogens with zero attached hydrogens (tertiary/aromatic N) is 5. The van der Waals surface area contributed by atoms with E-state index in [1.54, 1.807) is 55.9 Å². The van der Waals surface area contributed by atoms with Gasteiger partial charge in [-0.25, -0.2) is 26.9 Å². The summed E-state index contributed by atoms with van der Waals surface area (Å²) in [5.41, 5.74) is -2.16. The minimum absolute atomic E-state index is 0.0411. The van der Waals surface area contributed by atoms with E-state index >= 15 is 0 Å². The molecule has 0 aliphatic rings. The molecule has 2 heterocycles. The maximum atomic E-state index is 14.3. The van der Waals surface area contributed by atoms with Crippen molar-refractivity contribution in [1.82, 2.24) is 19.1 Å². The van der Waals surface area contributed by atoms with E-state index in [2.05, 4.69) is 15.3 Å². The molecular formula is C22H18F4N6O2. The van der Waals surface area contributed by atoms with Gasteiger partial charge < -0.3 is 0 Å². The van der Waals surface area contributed by atoms with E-state index in [9.17, 15) is 27.2 Å². The normalized spacial score (nSPS) is 11.6. The van der Waals surface area contributed by atoms with Gasteiger partial charge >= 0.3 is 0 Å². The summed E-state index contributed by atoms with van der Waals surface area (Å²) in [7, 11) is 1.65. The number of azo groups is 1. The van der Waals surface area contributed by atoms with Crippen LogP contribution in [-0.4, -0.2) is 19.1 Å². The van der Waals surface area contributed by atoms with E-state index in [1.165, 1.54) is 4.68 Å². The Morgan fingerprint density at radius 1 is 0.912 bits per heavy atom. The summed E-state index contributed by atoms with van der Waals surface area (Å²) in [4.78, 5) is 25.8. The minimum Gasteiger partial charge on any atom is -0.293 e. The summed E-state index contributed by atoms with van der Waals surface area (Å²) in [6.07, 6.45) is 0.139. The number of hydrogen-bond donors (Lipinski definition) is 1. The zero-order valence-corrected chi connectivity index (χ0v) is 18.2. The lowest BCUT2D eigenvalue weighted by Gasteiger charge is -2.07. The van der Waals surface area contributed by atoms with Crippen LogP contribution in [0.15, 0.2) is 56.2 Å². The molecule has 4 rings (SSSR count). The topological polar surface area (TPSA) is 89.4 Å². The van der Waals surface area contributed by atoms with Crippen LogP contribution in [-0.2, 0) is 13.5 Å². The van der Waals surface area contributed by atoms with Crippen LogP contribution in [0, 0.1) is 30.2 Å². The van der Waals surface area contributed by atoms with Crippen molar-refractivity contribution in [3.63, 3.8) is 0 Å². The minimum atomic E-state index is -1.75. The molecule has 34 heavy (non-hydrogen) atoms. The van der Waals surface area contributed by atoms with Crippen LogP contribution in [0.1, 0.15) is 18.3 Å². The first-order chi connectivity index (χ1) is 16.2. The maximum absolute atomic E-state index is 14.3. The largest absolute Gasteiger partial charge is 0.299 e. The van der Waals surface area contributed by atoms with Crippen molar-refractivity contribution in [2.75, 3.05) is 0 Å². The molecule has 0 bridgehead atoms. The first-order valence-corrected chi connectivity index (χ1v) is 10.1. The number of aromatic nitrogens is 4. The van der Waals surface area contributed by atoms with Crippen LogP contribution in [0.3, 0.4) is 0 Å². The smallest absolute Gasteiger partial charge is 0.293 e. The third kappa shape index (κ3) is 3.56. The second-order valence-corrected chi connectivity index (χ2v) is 7.36. The molecule has 0 unspecified atom stereocenters. The van der Waals surface area contributed by atoms with E-state index in [-0.39, 0.29) is 29.6 Å². The first kappa shape index (κ1) is 23.0. The van der Waals surface area contributed by atoms with E-state index < -0.39 is 40.1 Å². The average molecular weight is 474 g/mol. The summed E-state index contributed by atoms with van der Waals surface area (Å²) in [6, 6.07) is 8.80. The molecule has 0 saturated heterocycles. The van der Waals surface area contributed by atoms with Gasteiger partial charge in [-0.3, -0.25) is 19.4 Å². The first-order valence-electron chi connectivity index (χ1n) is 10.1. The van der Waals surface area contributed by atoms with E-state index in [1.807, 2.05) is 0 Å². The summed E-state index contributed by atoms with van der Waals surface area (Å²) in [6.45, 7) is 3.25. The van der Waals surface area contributed by atoms with Crippen LogP contribution in [0.25, 0.3) is 11.4 Å². The molecule has 0 saturated carbocycles. The summed E-state index contributed by atoms with van der Waals surface area (Å²) in [5, 5.41) is 10.2. The second kappa shape index (κ2) is 8.61. The fraction of sp³-hybridized carbons (Fsp3) is 0.182. The van der Waals surface area contributed by atoms with Crippen LogP contribution >= 0.6 is 0 Å². The van der Waals surface area contributed by atoms with Gasteiger partial charge in [0.05, 0.1) is 17.1 Å². The molecular weight excluding hydrogens is 456 g/mol. The van der Waals surface area contributed by atoms with E-state index in [0.717, 1.165) is 0 Å². The van der Waals surface area contributed by atoms with Crippen LogP contribution < -0.4 is 11.1 Å². The number of benzene rings is 2. The quantitative estimate of drug-likeness (QED) is 0.262. The number of para-hydroxylation sites is 1. The lowest BCUT2D eigenvalue weighted by Crippen LogP contribution is -2.19. The molecule has 0 amide bonds. The summed E-state index contributed by atoms with van der Waals surface area (Å²) in [5.74, 6) is -6.84. The Balaban J connectivity index is 1.86. The van der Waals surface area contributed by atoms with Gasteiger partial charge in [-0.15, -0.1) is 10.2 Å². The number of halogens is 4. The summed E-state index contributed by atoms with van der Waals surface area (Å²) < 4.78 is 59.1. The van der Waals surface area contributed by atoms with Crippen LogP contribution in [0.5, 0.6) is 0 Å². The van der Waals surface area contributed by atoms with Crippen molar-refractivity contribution in [2.45, 2.75) is 20.3 Å². The molecule has 2 aromatic heterocycles. The Labute approximate surface area is 189 Å². The zero-order chi connectivity index (χ0) is 24.7. The van der Waals surface area contributed by atoms with Gasteiger partial charge in [0.2, 0.25) is 0 Å². The molecule has 12 heteroatoms. The summed E-state index contributed by atoms with van der Waals surface area (Å²) >= 11 is 0. The molecule has 0 radical (unpaired) electrons. The number of rotatable bonds is 5. The average Bonchev–Trinajstić information content (AvgIpc) is 3.24. The number of aromatic amines is 1. The standard InChI is InChI=1S/C22H18F4N6O2/c1-4-15-19(21(33)31(29-15)20-16(25)13(23)10-14(24)17(20)26)28-27-18-11(2)30(3)32(22(18)34)12-8-6-5-7-9-12/h5-10,29H,4H2,1-3H3. The number of hydrogen-bond acceptors (Lipinski definition) is 4. The second-order valence-electron chi connectivity index (χ2n) is 7.36. The molecule has 2 aromatic carbocycles. The monoisotopic (exact) mass is 474 g/mol. The maximum Gasteiger partial charge on any atom is 0.299 e. The molecule has 0 fully saturated rings. The molecule has 0 aliphatic heterocycles. The van der Waals surface area contributed by atoms with E-state index in [4.69, 9.17) is 0 Å². The van der Waals surface area contributed by atoms with Crippen molar-refractivity contribution in [3.05, 3.63) is 91.8 Å². The van der Waals surface area contributed by atoms with Gasteiger partial charge in [-0.05, 0) is 25.5 Å². The fourth-order valence-electron chi connectivity index (χ4n) is 3.51. The zero-order valence-electron chi connectivity index (χ0n) is 18.2. The molecule has 0 aliphatic carbocycles. The third-order valence-electron chi connectivity index (χ3n) is 5.38. The highest BCUT2D eigenvalue weighted by Gasteiger charge is 2.25. The molecule has 8 nitrogen and oxygen atoms in total. The third-order valence-corrected chi connectivity index (χ3v) is 5.38. The van der Waals surface area contributed by atoms with Gasteiger partial charge in [0.15, 0.2) is 34.6 Å². The predicted molar refractivity (Wildman–Crippen MR) is 116 cm³/mol. The van der Waals surface area contributed by atoms with Gasteiger partial charge in [0.25, 0.3) is 11.1 Å². The lowest BCUT2D eigenvalue weighted by molar-refractivity contribution is 0.443. The molecule has 4 aromatic rings. The van der Waals surface area contributed by atoms with Gasteiger partial charge in [-0.2, -0.15) is 0 Å². The Kier molecular flexibility index (Phi) is 5.82. The molecule has 0 atom stereocenters. The van der Waals surface area contributed by atoms with Crippen LogP contribution in [0.2, 0.25) is 0 Å². The Morgan fingerprint density at radius 3 is 2.09 bits per heavy atom. The molecule has 176 valence electrons. The van der Waals surface area contributed by atoms with Crippen molar-refractivity contribution < 1.29 is 17.6 Å². The number of H-pyrrole nitrogens is 1. The fourth-order valence-corrected chi connectivity index (χ4v) is 3.51. The van der Waals surface area contributed by atoms with Gasteiger partial charge in [0, 0.05) is 13.1 Å². The Morgan fingerprint density at radius 2 is 1.50 bits per heavy atom. The number of nitrogens with one attached hydrogen (secondary N) is 1. The highest BCUT2D eigenvalue weighted by molar-refractivity contribution is 5.48. The molecule has 1 N–H and O–H groups in total. The van der Waals surface area contributed by atoms with Crippen molar-refractivity contribution in [1.29, 1.82) is 0 Å². The predicted octanol–water partition coefficient (Wildman–Crippen LogP) is 4.50. The number of aryl methyl sites for hydroxylation is 1. The van der Waals surface area contributed by atoms with Gasteiger partial charge in [0.1, 0.15) is 5.69 Å². The van der Waals surface area contributed by atoms with Crippen molar-refractivity contribution >= 4 is 11.4 Å². The van der Waals surface area contributed by atoms with E-state index in [0.29, 0.717) is 16.1 Å². The Hall–Kier alpha value is -4.22. The van der Waals surface area contributed by atoms with Gasteiger partial charge in [-0.1, -0.05) is 25.1 Å². The Bertz CT molecular complexity index is 1520. The van der Waals surface area contributed by atoms with Crippen molar-refractivity contribution in [3.8, 4) is 11.4 Å². The van der Waals surface area contributed by atoms with Crippen molar-refractivity contribution in [2.24, 2.45) is 17.3 Å². The van der Waals surface area contributed by atoms with Crippen LogP contribution in [0.4, 0.5) is 28.9 Å². The molecule has 0 spiro atoms. The lowest BCUT2D eigenvalue weighted by atomic mass is 10.2.